The second-order valence-electron chi connectivity index (χ2n) is 6.58. The molecule has 2 aromatic rings. The van der Waals surface area contributed by atoms with Gasteiger partial charge < -0.3 is 10.6 Å². The van der Waals surface area contributed by atoms with E-state index in [1.54, 1.807) is 0 Å². The summed E-state index contributed by atoms with van der Waals surface area (Å²) in [7, 11) is 0. The fourth-order valence-electron chi connectivity index (χ4n) is 3.97. The Hall–Kier alpha value is -1.87. The Kier molecular flexibility index (Phi) is 3.38. The van der Waals surface area contributed by atoms with Crippen LogP contribution < -0.4 is 5.73 Å². The van der Waals surface area contributed by atoms with Crippen molar-refractivity contribution in [3.63, 3.8) is 0 Å². The standard InChI is InChI=1S/C19H22N2O/c20-12-14-7-4-10-21(14)19(22)18-11-17(18)16-9-3-6-13-5-1-2-8-15(13)16/h1-3,5-6,8-9,14,17-18H,4,7,10-12,20H2. The normalized spacial score (nSPS) is 27.3. The van der Waals surface area contributed by atoms with Gasteiger partial charge in [-0.1, -0.05) is 42.5 Å². The summed E-state index contributed by atoms with van der Waals surface area (Å²) in [5.41, 5.74) is 7.14. The number of amides is 1. The van der Waals surface area contributed by atoms with Crippen LogP contribution in [0.1, 0.15) is 30.7 Å². The summed E-state index contributed by atoms with van der Waals surface area (Å²) in [5, 5.41) is 2.56. The highest BCUT2D eigenvalue weighted by Crippen LogP contribution is 2.50. The molecule has 3 nitrogen and oxygen atoms in total. The molecule has 3 unspecified atom stereocenters. The van der Waals surface area contributed by atoms with E-state index < -0.39 is 0 Å². The van der Waals surface area contributed by atoms with Gasteiger partial charge in [0.2, 0.25) is 5.91 Å². The second-order valence-corrected chi connectivity index (χ2v) is 6.58. The summed E-state index contributed by atoms with van der Waals surface area (Å²) >= 11 is 0. The fraction of sp³-hybridized carbons (Fsp3) is 0.421. The van der Waals surface area contributed by atoms with E-state index in [0.717, 1.165) is 25.8 Å². The maximum atomic E-state index is 12.8. The molecule has 0 spiro atoms. The van der Waals surface area contributed by atoms with Crippen LogP contribution in [0.2, 0.25) is 0 Å². The number of carbonyl (C=O) groups excluding carboxylic acids is 1. The van der Waals surface area contributed by atoms with Crippen molar-refractivity contribution in [1.82, 2.24) is 4.90 Å². The van der Waals surface area contributed by atoms with Crippen LogP contribution in [0.15, 0.2) is 42.5 Å². The zero-order chi connectivity index (χ0) is 15.1. The fourth-order valence-corrected chi connectivity index (χ4v) is 3.97. The first-order chi connectivity index (χ1) is 10.8. The predicted molar refractivity (Wildman–Crippen MR) is 88.6 cm³/mol. The van der Waals surface area contributed by atoms with Gasteiger partial charge in [-0.05, 0) is 41.5 Å². The first-order valence-electron chi connectivity index (χ1n) is 8.28. The van der Waals surface area contributed by atoms with Gasteiger partial charge in [0.15, 0.2) is 0 Å². The molecular weight excluding hydrogens is 272 g/mol. The van der Waals surface area contributed by atoms with E-state index in [0.29, 0.717) is 18.4 Å². The van der Waals surface area contributed by atoms with Gasteiger partial charge in [0.1, 0.15) is 0 Å². The van der Waals surface area contributed by atoms with Crippen molar-refractivity contribution in [2.45, 2.75) is 31.2 Å². The van der Waals surface area contributed by atoms with Gasteiger partial charge in [-0.2, -0.15) is 0 Å². The average molecular weight is 294 g/mol. The lowest BCUT2D eigenvalue weighted by molar-refractivity contribution is -0.133. The van der Waals surface area contributed by atoms with E-state index in [1.807, 2.05) is 4.90 Å². The molecule has 3 heteroatoms. The molecule has 22 heavy (non-hydrogen) atoms. The summed E-state index contributed by atoms with van der Waals surface area (Å²) in [5.74, 6) is 0.876. The Morgan fingerprint density at radius 2 is 2.00 bits per heavy atom. The maximum absolute atomic E-state index is 12.8. The lowest BCUT2D eigenvalue weighted by Gasteiger charge is -2.23. The van der Waals surface area contributed by atoms with Crippen molar-refractivity contribution >= 4 is 16.7 Å². The molecule has 114 valence electrons. The molecule has 2 fully saturated rings. The Morgan fingerprint density at radius 1 is 1.18 bits per heavy atom. The molecule has 0 radical (unpaired) electrons. The number of likely N-dealkylation sites (tertiary alicyclic amines) is 1. The van der Waals surface area contributed by atoms with Gasteiger partial charge >= 0.3 is 0 Å². The average Bonchev–Trinajstić information content (AvgIpc) is 3.21. The quantitative estimate of drug-likeness (QED) is 0.946. The monoisotopic (exact) mass is 294 g/mol. The van der Waals surface area contributed by atoms with Crippen LogP contribution in [-0.2, 0) is 4.79 Å². The first-order valence-corrected chi connectivity index (χ1v) is 8.28. The molecule has 1 aliphatic carbocycles. The number of nitrogens with two attached hydrogens (primary N) is 1. The van der Waals surface area contributed by atoms with Crippen molar-refractivity contribution in [3.05, 3.63) is 48.0 Å². The Morgan fingerprint density at radius 3 is 2.86 bits per heavy atom. The molecule has 1 aliphatic heterocycles. The lowest BCUT2D eigenvalue weighted by Crippen LogP contribution is -2.40. The van der Waals surface area contributed by atoms with Gasteiger partial charge in [-0.3, -0.25) is 4.79 Å². The minimum atomic E-state index is 0.165. The van der Waals surface area contributed by atoms with Crippen LogP contribution in [0.5, 0.6) is 0 Å². The van der Waals surface area contributed by atoms with E-state index in [4.69, 9.17) is 5.73 Å². The third-order valence-corrected chi connectivity index (χ3v) is 5.26. The van der Waals surface area contributed by atoms with Gasteiger partial charge in [-0.25, -0.2) is 0 Å². The summed E-state index contributed by atoms with van der Waals surface area (Å²) < 4.78 is 0. The summed E-state index contributed by atoms with van der Waals surface area (Å²) in [6.07, 6.45) is 3.15. The Balaban J connectivity index is 1.57. The van der Waals surface area contributed by atoms with E-state index in [1.165, 1.54) is 16.3 Å². The smallest absolute Gasteiger partial charge is 0.226 e. The largest absolute Gasteiger partial charge is 0.338 e. The summed E-state index contributed by atoms with van der Waals surface area (Å²) in [6, 6.07) is 15.2. The number of benzene rings is 2. The van der Waals surface area contributed by atoms with Gasteiger partial charge in [0, 0.05) is 25.0 Å². The molecule has 2 aliphatic rings. The van der Waals surface area contributed by atoms with E-state index in [-0.39, 0.29) is 12.0 Å². The zero-order valence-electron chi connectivity index (χ0n) is 12.7. The SMILES string of the molecule is NCC1CCCN1C(=O)C1CC1c1cccc2ccccc12. The summed E-state index contributed by atoms with van der Waals surface area (Å²) in [4.78, 5) is 14.8. The summed E-state index contributed by atoms with van der Waals surface area (Å²) in [6.45, 7) is 1.48. The third kappa shape index (κ3) is 2.20. The predicted octanol–water partition coefficient (Wildman–Crippen LogP) is 2.89. The van der Waals surface area contributed by atoms with Crippen molar-refractivity contribution in [2.24, 2.45) is 11.7 Å². The molecule has 1 amide bonds. The van der Waals surface area contributed by atoms with Crippen LogP contribution in [0.3, 0.4) is 0 Å². The van der Waals surface area contributed by atoms with Gasteiger partial charge in [-0.15, -0.1) is 0 Å². The van der Waals surface area contributed by atoms with Crippen LogP contribution >= 0.6 is 0 Å². The molecule has 1 heterocycles. The number of hydrogen-bond donors (Lipinski definition) is 1. The van der Waals surface area contributed by atoms with Crippen molar-refractivity contribution in [3.8, 4) is 0 Å². The molecular formula is C19H22N2O. The zero-order valence-corrected chi connectivity index (χ0v) is 12.7. The topological polar surface area (TPSA) is 46.3 Å². The minimum Gasteiger partial charge on any atom is -0.338 e. The number of carbonyl (C=O) groups is 1. The lowest BCUT2D eigenvalue weighted by atomic mass is 10.00. The van der Waals surface area contributed by atoms with Crippen LogP contribution in [-0.4, -0.2) is 29.9 Å². The van der Waals surface area contributed by atoms with Crippen LogP contribution in [0.25, 0.3) is 10.8 Å². The molecule has 1 saturated carbocycles. The second kappa shape index (κ2) is 5.40. The highest BCUT2D eigenvalue weighted by molar-refractivity contribution is 5.89. The molecule has 4 rings (SSSR count). The van der Waals surface area contributed by atoms with Crippen molar-refractivity contribution in [2.75, 3.05) is 13.1 Å². The molecule has 0 aromatic heterocycles. The maximum Gasteiger partial charge on any atom is 0.226 e. The minimum absolute atomic E-state index is 0.165. The van der Waals surface area contributed by atoms with Crippen molar-refractivity contribution < 1.29 is 4.79 Å². The number of hydrogen-bond acceptors (Lipinski definition) is 2. The van der Waals surface area contributed by atoms with Gasteiger partial charge in [0.05, 0.1) is 0 Å². The molecule has 2 N–H and O–H groups in total. The van der Waals surface area contributed by atoms with E-state index >= 15 is 0 Å². The number of fused-ring (bicyclic) bond motifs is 1. The molecule has 3 atom stereocenters. The Labute approximate surface area is 131 Å². The van der Waals surface area contributed by atoms with Crippen molar-refractivity contribution in [1.29, 1.82) is 0 Å². The highest BCUT2D eigenvalue weighted by atomic mass is 16.2. The molecule has 0 bridgehead atoms. The van der Waals surface area contributed by atoms with Crippen LogP contribution in [0.4, 0.5) is 0 Å². The van der Waals surface area contributed by atoms with Gasteiger partial charge in [0.25, 0.3) is 0 Å². The van der Waals surface area contributed by atoms with Crippen LogP contribution in [0, 0.1) is 5.92 Å². The third-order valence-electron chi connectivity index (χ3n) is 5.26. The number of nitrogens with zero attached hydrogens (tertiary/aromatic N) is 1. The van der Waals surface area contributed by atoms with E-state index in [9.17, 15) is 4.79 Å². The highest BCUT2D eigenvalue weighted by Gasteiger charge is 2.47. The Bertz CT molecular complexity index is 706. The molecule has 1 saturated heterocycles. The molecule has 2 aromatic carbocycles. The van der Waals surface area contributed by atoms with E-state index in [2.05, 4.69) is 42.5 Å². The number of rotatable bonds is 3. The first kappa shape index (κ1) is 13.8.